The number of fused-ring (bicyclic) bond motifs is 1. The van der Waals surface area contributed by atoms with Crippen LogP contribution < -0.4 is 16.0 Å². The van der Waals surface area contributed by atoms with Gasteiger partial charge in [0.2, 0.25) is 6.35 Å². The molecule has 1 aliphatic rings. The Kier molecular flexibility index (Phi) is 3.07. The van der Waals surface area contributed by atoms with Gasteiger partial charge in [0.25, 0.3) is 5.91 Å². The molecule has 1 aromatic heterocycles. The average Bonchev–Trinajstić information content (AvgIpc) is 2.85. The normalized spacial score (nSPS) is 16.4. The fourth-order valence-corrected chi connectivity index (χ4v) is 2.27. The molecule has 21 heavy (non-hydrogen) atoms. The minimum atomic E-state index is -0.762. The van der Waals surface area contributed by atoms with Crippen molar-refractivity contribution in [1.29, 1.82) is 0 Å². The van der Waals surface area contributed by atoms with Gasteiger partial charge in [-0.15, -0.1) is 0 Å². The van der Waals surface area contributed by atoms with Crippen LogP contribution in [0.5, 0.6) is 6.01 Å². The van der Waals surface area contributed by atoms with Gasteiger partial charge in [-0.05, 0) is 12.1 Å². The van der Waals surface area contributed by atoms with Gasteiger partial charge in [-0.1, -0.05) is 12.1 Å². The van der Waals surface area contributed by atoms with Crippen molar-refractivity contribution in [3.05, 3.63) is 36.2 Å². The van der Waals surface area contributed by atoms with Gasteiger partial charge < -0.3 is 20.9 Å². The summed E-state index contributed by atoms with van der Waals surface area (Å²) in [5, 5.41) is 12.5. The van der Waals surface area contributed by atoms with Gasteiger partial charge in [0.15, 0.2) is 5.69 Å². The van der Waals surface area contributed by atoms with Gasteiger partial charge in [0.05, 0.1) is 23.3 Å². The SMILES string of the molecule is COC1Nc2ccccc2N1c1cnc(O)nc1C(N)=O. The number of carbonyl (C=O) groups is 1. The van der Waals surface area contributed by atoms with Crippen LogP contribution in [-0.4, -0.2) is 34.4 Å². The summed E-state index contributed by atoms with van der Waals surface area (Å²) in [6, 6.07) is 6.97. The molecule has 0 aliphatic carbocycles. The summed E-state index contributed by atoms with van der Waals surface area (Å²) in [7, 11) is 1.53. The topological polar surface area (TPSA) is 114 Å². The Hall–Kier alpha value is -2.87. The van der Waals surface area contributed by atoms with Crippen LogP contribution in [0.25, 0.3) is 0 Å². The molecule has 0 saturated carbocycles. The Morgan fingerprint density at radius 1 is 1.43 bits per heavy atom. The predicted octanol–water partition coefficient (Wildman–Crippen LogP) is 0.775. The van der Waals surface area contributed by atoms with Crippen molar-refractivity contribution in [2.75, 3.05) is 17.3 Å². The van der Waals surface area contributed by atoms with E-state index in [2.05, 4.69) is 15.3 Å². The number of primary amides is 1. The quantitative estimate of drug-likeness (QED) is 0.764. The molecule has 108 valence electrons. The van der Waals surface area contributed by atoms with Crippen LogP contribution in [0.4, 0.5) is 17.1 Å². The molecule has 3 rings (SSSR count). The predicted molar refractivity (Wildman–Crippen MR) is 75.2 cm³/mol. The Morgan fingerprint density at radius 2 is 2.19 bits per heavy atom. The highest BCUT2D eigenvalue weighted by atomic mass is 16.5. The summed E-state index contributed by atoms with van der Waals surface area (Å²) in [4.78, 5) is 20.7. The van der Waals surface area contributed by atoms with Crippen LogP contribution in [0.3, 0.4) is 0 Å². The smallest absolute Gasteiger partial charge is 0.314 e. The molecule has 0 spiro atoms. The molecule has 1 atom stereocenters. The third-order valence-electron chi connectivity index (χ3n) is 3.15. The van der Waals surface area contributed by atoms with Crippen molar-refractivity contribution >= 4 is 23.0 Å². The summed E-state index contributed by atoms with van der Waals surface area (Å²) in [5.74, 6) is -0.762. The van der Waals surface area contributed by atoms with Crippen molar-refractivity contribution in [2.45, 2.75) is 6.35 Å². The monoisotopic (exact) mass is 287 g/mol. The van der Waals surface area contributed by atoms with Crippen LogP contribution in [0.1, 0.15) is 10.5 Å². The Morgan fingerprint density at radius 3 is 2.90 bits per heavy atom. The molecule has 1 amide bonds. The summed E-state index contributed by atoms with van der Waals surface area (Å²) < 4.78 is 5.37. The van der Waals surface area contributed by atoms with E-state index in [0.29, 0.717) is 5.69 Å². The lowest BCUT2D eigenvalue weighted by atomic mass is 10.2. The third-order valence-corrected chi connectivity index (χ3v) is 3.15. The molecule has 2 aromatic rings. The molecule has 4 N–H and O–H groups in total. The average molecular weight is 287 g/mol. The van der Waals surface area contributed by atoms with Crippen molar-refractivity contribution in [3.8, 4) is 6.01 Å². The highest BCUT2D eigenvalue weighted by Crippen LogP contribution is 2.40. The first kappa shape index (κ1) is 13.1. The van der Waals surface area contributed by atoms with Crippen molar-refractivity contribution in [3.63, 3.8) is 0 Å². The number of aromatic nitrogens is 2. The zero-order valence-corrected chi connectivity index (χ0v) is 11.1. The van der Waals surface area contributed by atoms with E-state index in [9.17, 15) is 9.90 Å². The molecule has 1 aliphatic heterocycles. The molecular weight excluding hydrogens is 274 g/mol. The number of hydrogen-bond acceptors (Lipinski definition) is 7. The molecule has 0 fully saturated rings. The molecule has 2 heterocycles. The van der Waals surface area contributed by atoms with Crippen molar-refractivity contribution in [1.82, 2.24) is 9.97 Å². The lowest BCUT2D eigenvalue weighted by molar-refractivity contribution is 0.0993. The van der Waals surface area contributed by atoms with Gasteiger partial charge in [-0.25, -0.2) is 4.98 Å². The molecule has 8 nitrogen and oxygen atoms in total. The number of aromatic hydroxyl groups is 1. The number of nitrogens with two attached hydrogens (primary N) is 1. The second-order valence-corrected chi connectivity index (χ2v) is 4.39. The van der Waals surface area contributed by atoms with E-state index in [-0.39, 0.29) is 5.69 Å². The number of ether oxygens (including phenoxy) is 1. The minimum Gasteiger partial charge on any atom is -0.479 e. The first-order valence-corrected chi connectivity index (χ1v) is 6.15. The fourth-order valence-electron chi connectivity index (χ4n) is 2.27. The van der Waals surface area contributed by atoms with Gasteiger partial charge in [-0.2, -0.15) is 4.98 Å². The number of rotatable bonds is 3. The highest BCUT2D eigenvalue weighted by molar-refractivity contribution is 5.98. The minimum absolute atomic E-state index is 0.0805. The van der Waals surface area contributed by atoms with Gasteiger partial charge in [0, 0.05) is 7.11 Å². The third kappa shape index (κ3) is 2.11. The Labute approximate surface area is 120 Å². The number of methoxy groups -OCH3 is 1. The Balaban J connectivity index is 2.17. The second-order valence-electron chi connectivity index (χ2n) is 4.39. The highest BCUT2D eigenvalue weighted by Gasteiger charge is 2.32. The van der Waals surface area contributed by atoms with E-state index in [0.717, 1.165) is 11.4 Å². The van der Waals surface area contributed by atoms with E-state index in [1.54, 1.807) is 4.90 Å². The molecule has 0 bridgehead atoms. The lowest BCUT2D eigenvalue weighted by Crippen LogP contribution is -2.35. The van der Waals surface area contributed by atoms with Crippen LogP contribution in [0.15, 0.2) is 30.5 Å². The summed E-state index contributed by atoms with van der Waals surface area (Å²) in [6.07, 6.45) is 0.798. The van der Waals surface area contributed by atoms with Gasteiger partial charge >= 0.3 is 6.01 Å². The van der Waals surface area contributed by atoms with Crippen LogP contribution in [0.2, 0.25) is 0 Å². The number of amides is 1. The van der Waals surface area contributed by atoms with E-state index >= 15 is 0 Å². The van der Waals surface area contributed by atoms with Crippen LogP contribution >= 0.6 is 0 Å². The molecule has 0 radical (unpaired) electrons. The molecule has 0 saturated heterocycles. The maximum absolute atomic E-state index is 11.6. The van der Waals surface area contributed by atoms with E-state index < -0.39 is 18.3 Å². The maximum atomic E-state index is 11.6. The molecule has 1 unspecified atom stereocenters. The fraction of sp³-hybridized carbons (Fsp3) is 0.154. The van der Waals surface area contributed by atoms with Crippen molar-refractivity contribution < 1.29 is 14.6 Å². The molecule has 8 heteroatoms. The van der Waals surface area contributed by atoms with Crippen LogP contribution in [-0.2, 0) is 4.74 Å². The van der Waals surface area contributed by atoms with E-state index in [1.807, 2.05) is 24.3 Å². The first-order chi connectivity index (χ1) is 10.1. The van der Waals surface area contributed by atoms with Crippen molar-refractivity contribution in [2.24, 2.45) is 5.73 Å². The van der Waals surface area contributed by atoms with Crippen LogP contribution in [0, 0.1) is 0 Å². The number of hydrogen-bond donors (Lipinski definition) is 3. The standard InChI is InChI=1S/C13H13N5O3/c1-21-13-16-7-4-2-3-5-8(7)18(13)9-6-15-12(20)17-10(9)11(14)19/h2-6,13,16H,1H3,(H2,14,19)(H,15,17,20). The first-order valence-electron chi connectivity index (χ1n) is 6.15. The Bertz CT molecular complexity index is 706. The van der Waals surface area contributed by atoms with Gasteiger partial charge in [-0.3, -0.25) is 9.69 Å². The zero-order chi connectivity index (χ0) is 15.0. The molecule has 1 aromatic carbocycles. The van der Waals surface area contributed by atoms with E-state index in [4.69, 9.17) is 10.5 Å². The largest absolute Gasteiger partial charge is 0.479 e. The number of nitrogens with one attached hydrogen (secondary N) is 1. The van der Waals surface area contributed by atoms with Gasteiger partial charge in [0.1, 0.15) is 0 Å². The summed E-state index contributed by atoms with van der Waals surface area (Å²) >= 11 is 0. The second kappa shape index (κ2) is 4.91. The zero-order valence-electron chi connectivity index (χ0n) is 11.1. The lowest BCUT2D eigenvalue weighted by Gasteiger charge is -2.25. The number of anilines is 3. The number of nitrogens with zero attached hydrogens (tertiary/aromatic N) is 3. The number of para-hydroxylation sites is 2. The summed E-state index contributed by atoms with van der Waals surface area (Å²) in [5.41, 5.74) is 7.23. The maximum Gasteiger partial charge on any atom is 0.314 e. The molecular formula is C13H13N5O3. The number of benzene rings is 1. The summed E-state index contributed by atoms with van der Waals surface area (Å²) in [6.45, 7) is 0. The van der Waals surface area contributed by atoms with E-state index in [1.165, 1.54) is 13.3 Å². The number of carbonyl (C=O) groups excluding carboxylic acids is 1.